The first-order valence-electron chi connectivity index (χ1n) is 5.36. The van der Waals surface area contributed by atoms with Crippen molar-refractivity contribution in [3.8, 4) is 0 Å². The van der Waals surface area contributed by atoms with E-state index in [1.807, 2.05) is 18.7 Å². The fourth-order valence-electron chi connectivity index (χ4n) is 1.53. The summed E-state index contributed by atoms with van der Waals surface area (Å²) in [6.45, 7) is 2.99. The molecule has 0 spiro atoms. The van der Waals surface area contributed by atoms with E-state index in [-0.39, 0.29) is 0 Å². The molecule has 15 heavy (non-hydrogen) atoms. The second kappa shape index (κ2) is 7.06. The molecule has 0 unspecified atom stereocenters. The molecule has 3 nitrogen and oxygen atoms in total. The predicted octanol–water partition coefficient (Wildman–Crippen LogP) is 3.17. The van der Waals surface area contributed by atoms with Crippen molar-refractivity contribution in [2.45, 2.75) is 39.2 Å². The Kier molecular flexibility index (Phi) is 6.02. The normalized spacial score (nSPS) is 10.8. The molecule has 1 heterocycles. The van der Waals surface area contributed by atoms with Crippen LogP contribution >= 0.6 is 24.0 Å². The second-order valence-corrected chi connectivity index (χ2v) is 5.01. The van der Waals surface area contributed by atoms with Gasteiger partial charge in [0, 0.05) is 6.54 Å². The second-order valence-electron chi connectivity index (χ2n) is 3.63. The standard InChI is InChI=1S/C10H19N3S2/c1-9-11-12-10(14)13(9)7-5-3-4-6-8-15-2/h3-8H2,1-2H3,(H,12,14). The lowest BCUT2D eigenvalue weighted by molar-refractivity contribution is 0.570. The lowest BCUT2D eigenvalue weighted by Crippen LogP contribution is -2.00. The molecule has 0 aliphatic rings. The molecule has 0 aliphatic heterocycles. The van der Waals surface area contributed by atoms with Gasteiger partial charge in [-0.2, -0.15) is 16.9 Å². The third kappa shape index (κ3) is 4.38. The third-order valence-electron chi connectivity index (χ3n) is 2.43. The van der Waals surface area contributed by atoms with Crippen LogP contribution < -0.4 is 0 Å². The van der Waals surface area contributed by atoms with Gasteiger partial charge < -0.3 is 4.57 Å². The summed E-state index contributed by atoms with van der Waals surface area (Å²) >= 11 is 7.06. The zero-order valence-corrected chi connectivity index (χ0v) is 11.1. The topological polar surface area (TPSA) is 33.6 Å². The smallest absolute Gasteiger partial charge is 0.195 e. The monoisotopic (exact) mass is 245 g/mol. The number of hydrogen-bond acceptors (Lipinski definition) is 3. The number of aryl methyl sites for hydroxylation is 1. The van der Waals surface area contributed by atoms with Gasteiger partial charge in [0.1, 0.15) is 5.82 Å². The van der Waals surface area contributed by atoms with E-state index in [2.05, 4.69) is 21.0 Å². The molecule has 0 atom stereocenters. The Morgan fingerprint density at radius 1 is 1.33 bits per heavy atom. The average molecular weight is 245 g/mol. The van der Waals surface area contributed by atoms with Gasteiger partial charge in [-0.15, -0.1) is 0 Å². The van der Waals surface area contributed by atoms with Crippen LogP contribution in [0.2, 0.25) is 0 Å². The predicted molar refractivity (Wildman–Crippen MR) is 69.0 cm³/mol. The summed E-state index contributed by atoms with van der Waals surface area (Å²) in [5.74, 6) is 2.27. The number of nitrogens with zero attached hydrogens (tertiary/aromatic N) is 2. The molecular formula is C10H19N3S2. The molecule has 0 bridgehead atoms. The lowest BCUT2D eigenvalue weighted by atomic mass is 10.2. The van der Waals surface area contributed by atoms with E-state index >= 15 is 0 Å². The number of aromatic amines is 1. The highest BCUT2D eigenvalue weighted by Crippen LogP contribution is 2.06. The molecule has 86 valence electrons. The van der Waals surface area contributed by atoms with Crippen LogP contribution in [0.5, 0.6) is 0 Å². The minimum Gasteiger partial charge on any atom is -0.304 e. The number of aromatic nitrogens is 3. The fourth-order valence-corrected chi connectivity index (χ4v) is 2.29. The van der Waals surface area contributed by atoms with Crippen molar-refractivity contribution < 1.29 is 0 Å². The Morgan fingerprint density at radius 2 is 2.07 bits per heavy atom. The lowest BCUT2D eigenvalue weighted by Gasteiger charge is -2.03. The van der Waals surface area contributed by atoms with E-state index < -0.39 is 0 Å². The first-order valence-corrected chi connectivity index (χ1v) is 7.16. The van der Waals surface area contributed by atoms with Crippen molar-refractivity contribution in [1.82, 2.24) is 14.8 Å². The highest BCUT2D eigenvalue weighted by atomic mass is 32.2. The Labute approximate surface area is 101 Å². The van der Waals surface area contributed by atoms with E-state index in [9.17, 15) is 0 Å². The van der Waals surface area contributed by atoms with E-state index in [1.54, 1.807) is 0 Å². The molecule has 5 heteroatoms. The van der Waals surface area contributed by atoms with Crippen molar-refractivity contribution in [3.63, 3.8) is 0 Å². The maximum atomic E-state index is 5.13. The largest absolute Gasteiger partial charge is 0.304 e. The fraction of sp³-hybridized carbons (Fsp3) is 0.800. The number of thioether (sulfide) groups is 1. The van der Waals surface area contributed by atoms with E-state index in [4.69, 9.17) is 12.2 Å². The van der Waals surface area contributed by atoms with E-state index in [1.165, 1.54) is 31.4 Å². The summed E-state index contributed by atoms with van der Waals surface area (Å²) in [6, 6.07) is 0. The first-order chi connectivity index (χ1) is 7.25. The number of unbranched alkanes of at least 4 members (excludes halogenated alkanes) is 3. The third-order valence-corrected chi connectivity index (χ3v) is 3.44. The zero-order chi connectivity index (χ0) is 11.1. The van der Waals surface area contributed by atoms with Gasteiger partial charge in [-0.05, 0) is 44.0 Å². The van der Waals surface area contributed by atoms with Crippen molar-refractivity contribution >= 4 is 24.0 Å². The van der Waals surface area contributed by atoms with Gasteiger partial charge in [0.05, 0.1) is 0 Å². The molecule has 1 rings (SSSR count). The van der Waals surface area contributed by atoms with Crippen molar-refractivity contribution in [2.75, 3.05) is 12.0 Å². The van der Waals surface area contributed by atoms with Gasteiger partial charge in [0.2, 0.25) is 0 Å². The molecule has 0 saturated heterocycles. The van der Waals surface area contributed by atoms with Crippen LogP contribution in [0, 0.1) is 11.7 Å². The molecule has 0 aliphatic carbocycles. The highest BCUT2D eigenvalue weighted by Gasteiger charge is 1.99. The summed E-state index contributed by atoms with van der Waals surface area (Å²) < 4.78 is 2.82. The quantitative estimate of drug-likeness (QED) is 0.592. The average Bonchev–Trinajstić information content (AvgIpc) is 2.54. The summed E-state index contributed by atoms with van der Waals surface area (Å²) in [4.78, 5) is 0. The SMILES string of the molecule is CSCCCCCCn1c(C)n[nH]c1=S. The van der Waals surface area contributed by atoms with Gasteiger partial charge in [-0.1, -0.05) is 12.8 Å². The maximum absolute atomic E-state index is 5.13. The Hall–Kier alpha value is -0.290. The molecule has 1 N–H and O–H groups in total. The van der Waals surface area contributed by atoms with Crippen molar-refractivity contribution in [3.05, 3.63) is 10.6 Å². The summed E-state index contributed by atoms with van der Waals surface area (Å²) in [6.07, 6.45) is 7.30. The van der Waals surface area contributed by atoms with Crippen molar-refractivity contribution in [1.29, 1.82) is 0 Å². The molecule has 0 fully saturated rings. The van der Waals surface area contributed by atoms with Crippen LogP contribution in [0.4, 0.5) is 0 Å². The highest BCUT2D eigenvalue weighted by molar-refractivity contribution is 7.98. The van der Waals surface area contributed by atoms with Gasteiger partial charge in [-0.3, -0.25) is 5.10 Å². The Bertz CT molecular complexity index is 330. The maximum Gasteiger partial charge on any atom is 0.195 e. The zero-order valence-electron chi connectivity index (χ0n) is 9.45. The Balaban J connectivity index is 2.18. The molecule has 1 aromatic heterocycles. The number of nitrogens with one attached hydrogen (secondary N) is 1. The minimum absolute atomic E-state index is 0.747. The van der Waals surface area contributed by atoms with E-state index in [0.717, 1.165) is 17.1 Å². The summed E-state index contributed by atoms with van der Waals surface area (Å²) in [5, 5.41) is 6.90. The van der Waals surface area contributed by atoms with Crippen LogP contribution in [-0.4, -0.2) is 26.8 Å². The van der Waals surface area contributed by atoms with Crippen LogP contribution in [0.25, 0.3) is 0 Å². The van der Waals surface area contributed by atoms with Gasteiger partial charge in [0.25, 0.3) is 0 Å². The van der Waals surface area contributed by atoms with Gasteiger partial charge in [0.15, 0.2) is 4.77 Å². The number of rotatable bonds is 7. The van der Waals surface area contributed by atoms with Gasteiger partial charge >= 0.3 is 0 Å². The van der Waals surface area contributed by atoms with Crippen LogP contribution in [0.3, 0.4) is 0 Å². The first kappa shape index (κ1) is 12.8. The van der Waals surface area contributed by atoms with Crippen molar-refractivity contribution in [2.24, 2.45) is 0 Å². The molecule has 0 saturated carbocycles. The molecule has 0 radical (unpaired) electrons. The van der Waals surface area contributed by atoms with Gasteiger partial charge in [-0.25, -0.2) is 0 Å². The van der Waals surface area contributed by atoms with E-state index in [0.29, 0.717) is 0 Å². The summed E-state index contributed by atoms with van der Waals surface area (Å²) in [5.41, 5.74) is 0. The minimum atomic E-state index is 0.747. The number of H-pyrrole nitrogens is 1. The Morgan fingerprint density at radius 3 is 2.67 bits per heavy atom. The number of hydrogen-bond donors (Lipinski definition) is 1. The molecular weight excluding hydrogens is 226 g/mol. The summed E-state index contributed by atoms with van der Waals surface area (Å²) in [7, 11) is 0. The van der Waals surface area contributed by atoms with Crippen LogP contribution in [0.15, 0.2) is 0 Å². The molecule has 0 aromatic carbocycles. The molecule has 1 aromatic rings. The van der Waals surface area contributed by atoms with Crippen LogP contribution in [-0.2, 0) is 6.54 Å². The van der Waals surface area contributed by atoms with Crippen LogP contribution in [0.1, 0.15) is 31.5 Å². The molecule has 0 amide bonds.